The highest BCUT2D eigenvalue weighted by Crippen LogP contribution is 2.81. The molecule has 2 aliphatic heterocycles. The molecule has 2 saturated heterocycles. The largest absolute Gasteiger partial charge is 0.392 e. The number of fused-ring (bicyclic) bond motifs is 2. The summed E-state index contributed by atoms with van der Waals surface area (Å²) in [5, 5.41) is 36.4. The van der Waals surface area contributed by atoms with E-state index >= 15 is 0 Å². The Labute approximate surface area is 171 Å². The molecule has 29 heavy (non-hydrogen) atoms. The summed E-state index contributed by atoms with van der Waals surface area (Å²) in [6, 6.07) is -0.242. The van der Waals surface area contributed by atoms with Gasteiger partial charge >= 0.3 is 0 Å². The summed E-state index contributed by atoms with van der Waals surface area (Å²) in [6.45, 7) is 3.71. The van der Waals surface area contributed by atoms with Crippen LogP contribution in [0.3, 0.4) is 0 Å². The van der Waals surface area contributed by atoms with Crippen LogP contribution in [0.4, 0.5) is 0 Å². The topological polar surface area (TPSA) is 94.9 Å². The summed E-state index contributed by atoms with van der Waals surface area (Å²) in [4.78, 5) is 2.33. The Kier molecular flexibility index (Phi) is 3.18. The third-order valence-corrected chi connectivity index (χ3v) is 11.0. The molecule has 13 atom stereocenters. The van der Waals surface area contributed by atoms with E-state index in [2.05, 4.69) is 11.8 Å². The molecule has 3 N–H and O–H groups in total. The molecular formula is C22H33NO6. The van der Waals surface area contributed by atoms with Crippen molar-refractivity contribution in [3.8, 4) is 0 Å². The standard InChI is InChI=1S/C22H33NO6/c1-4-23-9-19-13-8-21(26)18(23)22(13,14(24)6-15(19)29-19)11-5-10-12(27-2)7-20(21,25)16(11)17(10)28-3/h10-18,24-26H,4-9H2,1-3H3. The summed E-state index contributed by atoms with van der Waals surface area (Å²) in [5.74, 6) is 0.216. The fourth-order valence-corrected chi connectivity index (χ4v) is 10.3. The Balaban J connectivity index is 1.51. The van der Waals surface area contributed by atoms with E-state index in [9.17, 15) is 15.3 Å². The Morgan fingerprint density at radius 3 is 2.59 bits per heavy atom. The molecule has 7 heteroatoms. The van der Waals surface area contributed by atoms with Crippen molar-refractivity contribution in [3.05, 3.63) is 0 Å². The molecule has 162 valence electrons. The van der Waals surface area contributed by atoms with Crippen molar-refractivity contribution in [1.29, 1.82) is 0 Å². The lowest BCUT2D eigenvalue weighted by Crippen LogP contribution is -2.81. The minimum absolute atomic E-state index is 0.0858. The zero-order chi connectivity index (χ0) is 20.1. The predicted octanol–water partition coefficient (Wildman–Crippen LogP) is -0.239. The number of ether oxygens (including phenoxy) is 3. The molecule has 0 aromatic heterocycles. The maximum atomic E-state index is 12.4. The predicted molar refractivity (Wildman–Crippen MR) is 101 cm³/mol. The monoisotopic (exact) mass is 407 g/mol. The van der Waals surface area contributed by atoms with Crippen molar-refractivity contribution >= 4 is 0 Å². The number of likely N-dealkylation sites (tertiary alicyclic amines) is 1. The van der Waals surface area contributed by atoms with Gasteiger partial charge in [-0.3, -0.25) is 4.90 Å². The fourth-order valence-electron chi connectivity index (χ4n) is 10.3. The second kappa shape index (κ2) is 5.03. The molecule has 5 aliphatic carbocycles. The summed E-state index contributed by atoms with van der Waals surface area (Å²) in [6.07, 6.45) is 1.75. The second-order valence-electron chi connectivity index (χ2n) is 11.1. The average Bonchev–Trinajstić information content (AvgIpc) is 3.18. The highest BCUT2D eigenvalue weighted by molar-refractivity contribution is 5.41. The molecule has 7 nitrogen and oxygen atoms in total. The molecule has 7 rings (SSSR count). The molecule has 0 aromatic carbocycles. The van der Waals surface area contributed by atoms with Crippen molar-refractivity contribution < 1.29 is 29.5 Å². The number of methoxy groups -OCH3 is 2. The molecule has 2 spiro atoms. The molecule has 0 radical (unpaired) electrons. The van der Waals surface area contributed by atoms with Gasteiger partial charge in [-0.05, 0) is 25.3 Å². The summed E-state index contributed by atoms with van der Waals surface area (Å²) in [7, 11) is 3.42. The Morgan fingerprint density at radius 2 is 1.90 bits per heavy atom. The first-order valence-corrected chi connectivity index (χ1v) is 11.4. The quantitative estimate of drug-likeness (QED) is 0.556. The molecule has 0 aromatic rings. The van der Waals surface area contributed by atoms with Crippen LogP contribution in [0.5, 0.6) is 0 Å². The van der Waals surface area contributed by atoms with Gasteiger partial charge in [-0.25, -0.2) is 0 Å². The van der Waals surface area contributed by atoms with Crippen LogP contribution >= 0.6 is 0 Å². The van der Waals surface area contributed by atoms with Gasteiger partial charge in [0.05, 0.1) is 30.5 Å². The zero-order valence-electron chi connectivity index (χ0n) is 17.5. The van der Waals surface area contributed by atoms with Gasteiger partial charge < -0.3 is 29.5 Å². The second-order valence-corrected chi connectivity index (χ2v) is 11.1. The van der Waals surface area contributed by atoms with E-state index in [1.54, 1.807) is 14.2 Å². The normalized spacial score (nSPS) is 68.7. The van der Waals surface area contributed by atoms with E-state index in [-0.39, 0.29) is 53.6 Å². The van der Waals surface area contributed by atoms with Crippen LogP contribution in [-0.2, 0) is 14.2 Å². The number of rotatable bonds is 3. The van der Waals surface area contributed by atoms with E-state index in [0.29, 0.717) is 19.3 Å². The molecule has 13 unspecified atom stereocenters. The van der Waals surface area contributed by atoms with E-state index in [0.717, 1.165) is 19.5 Å². The van der Waals surface area contributed by atoms with Gasteiger partial charge in [-0.15, -0.1) is 0 Å². The van der Waals surface area contributed by atoms with Crippen LogP contribution in [-0.4, -0.2) is 94.8 Å². The number of piperidine rings is 1. The lowest BCUT2D eigenvalue weighted by Gasteiger charge is -2.67. The van der Waals surface area contributed by atoms with Crippen LogP contribution in [0, 0.1) is 29.1 Å². The van der Waals surface area contributed by atoms with Crippen LogP contribution in [0.15, 0.2) is 0 Å². The third-order valence-electron chi connectivity index (χ3n) is 11.0. The fraction of sp³-hybridized carbons (Fsp3) is 1.00. The lowest BCUT2D eigenvalue weighted by atomic mass is 9.45. The van der Waals surface area contributed by atoms with E-state index < -0.39 is 22.7 Å². The van der Waals surface area contributed by atoms with Gasteiger partial charge in [0, 0.05) is 56.8 Å². The SMILES string of the molecule is CCN1CC23OC2CC(O)C24C5CC6C(OC)CC(O)(C5C6OC)C(O)(CC32)C14. The molecule has 7 aliphatic rings. The highest BCUT2D eigenvalue weighted by atomic mass is 16.6. The first kappa shape index (κ1) is 18.3. The van der Waals surface area contributed by atoms with Gasteiger partial charge in [0.15, 0.2) is 0 Å². The third kappa shape index (κ3) is 1.55. The number of nitrogens with zero attached hydrogens (tertiary/aromatic N) is 1. The van der Waals surface area contributed by atoms with Crippen molar-refractivity contribution in [2.75, 3.05) is 27.3 Å². The van der Waals surface area contributed by atoms with Gasteiger partial charge in [0.1, 0.15) is 16.8 Å². The number of hydrogen-bond donors (Lipinski definition) is 3. The minimum Gasteiger partial charge on any atom is -0.392 e. The number of likely N-dealkylation sites (N-methyl/N-ethyl adjacent to an activating group) is 1. The number of aliphatic hydroxyl groups excluding tert-OH is 1. The summed E-state index contributed by atoms with van der Waals surface area (Å²) in [5.41, 5.74) is -3.26. The van der Waals surface area contributed by atoms with Crippen molar-refractivity contribution in [1.82, 2.24) is 4.90 Å². The van der Waals surface area contributed by atoms with E-state index in [1.165, 1.54) is 0 Å². The number of epoxide rings is 1. The lowest BCUT2D eigenvalue weighted by molar-refractivity contribution is -0.304. The molecular weight excluding hydrogens is 374 g/mol. The Bertz CT molecular complexity index is 780. The van der Waals surface area contributed by atoms with E-state index in [4.69, 9.17) is 14.2 Å². The smallest absolute Gasteiger partial charge is 0.111 e. The zero-order valence-corrected chi connectivity index (χ0v) is 17.5. The maximum Gasteiger partial charge on any atom is 0.111 e. The number of hydrogen-bond acceptors (Lipinski definition) is 7. The van der Waals surface area contributed by atoms with Gasteiger partial charge in [0.25, 0.3) is 0 Å². The molecule has 0 amide bonds. The Hall–Kier alpha value is -0.280. The molecule has 7 bridgehead atoms. The molecule has 2 heterocycles. The van der Waals surface area contributed by atoms with Crippen molar-refractivity contribution in [2.24, 2.45) is 29.1 Å². The minimum atomic E-state index is -1.29. The first-order chi connectivity index (χ1) is 13.8. The highest BCUT2D eigenvalue weighted by Gasteiger charge is 2.91. The van der Waals surface area contributed by atoms with Gasteiger partial charge in [0.2, 0.25) is 0 Å². The van der Waals surface area contributed by atoms with E-state index in [1.807, 2.05) is 0 Å². The average molecular weight is 408 g/mol. The maximum absolute atomic E-state index is 12.4. The van der Waals surface area contributed by atoms with Crippen LogP contribution < -0.4 is 0 Å². The van der Waals surface area contributed by atoms with Crippen LogP contribution in [0.2, 0.25) is 0 Å². The van der Waals surface area contributed by atoms with Crippen LogP contribution in [0.25, 0.3) is 0 Å². The van der Waals surface area contributed by atoms with Crippen molar-refractivity contribution in [2.45, 2.75) is 79.9 Å². The summed E-state index contributed by atoms with van der Waals surface area (Å²) >= 11 is 0. The van der Waals surface area contributed by atoms with Crippen LogP contribution in [0.1, 0.15) is 32.6 Å². The Morgan fingerprint density at radius 1 is 1.10 bits per heavy atom. The summed E-state index contributed by atoms with van der Waals surface area (Å²) < 4.78 is 18.2. The molecule has 7 fully saturated rings. The van der Waals surface area contributed by atoms with Gasteiger partial charge in [-0.1, -0.05) is 6.92 Å². The molecule has 5 saturated carbocycles. The van der Waals surface area contributed by atoms with Gasteiger partial charge in [-0.2, -0.15) is 0 Å². The van der Waals surface area contributed by atoms with Crippen molar-refractivity contribution in [3.63, 3.8) is 0 Å². The number of aliphatic hydroxyl groups is 3. The first-order valence-electron chi connectivity index (χ1n) is 11.4.